The van der Waals surface area contributed by atoms with Gasteiger partial charge in [0.15, 0.2) is 0 Å². The number of halogens is 2. The second-order valence-corrected chi connectivity index (χ2v) is 13.4. The van der Waals surface area contributed by atoms with Gasteiger partial charge in [0.1, 0.15) is 5.84 Å². The van der Waals surface area contributed by atoms with Crippen molar-refractivity contribution in [2.24, 2.45) is 17.8 Å². The van der Waals surface area contributed by atoms with Gasteiger partial charge in [-0.05, 0) is 82.3 Å². The van der Waals surface area contributed by atoms with Crippen LogP contribution in [-0.2, 0) is 4.79 Å². The van der Waals surface area contributed by atoms with Crippen LogP contribution in [0, 0.1) is 28.6 Å². The van der Waals surface area contributed by atoms with E-state index in [1.165, 1.54) is 11.1 Å². The van der Waals surface area contributed by atoms with Crippen molar-refractivity contribution in [3.8, 4) is 0 Å². The molecule has 1 saturated heterocycles. The highest BCUT2D eigenvalue weighted by Gasteiger charge is 2.42. The zero-order valence-electron chi connectivity index (χ0n) is 28.2. The number of carbonyl (C=O) groups is 1. The standard InChI is InChI=1S/C36H57F2N5O/c1-9-24(6)30-14-12-13-15-31(30)29(11-3)32(41-35(44)27-16-19-36(37,38)20-17-27)18-21-42-25(7)33(42)22-28(10-2)43(26(8)39)34(40)23(4)5/h11,13,15,23-24,27-28,32-33,39-40H,7,9-10,12,14,16-22H2,1-6,8H3,(H,41,44)/b29-11+,39-26?,40-34?/t24?,28?,32-,33?,42?/m0/s1. The van der Waals surface area contributed by atoms with Gasteiger partial charge in [0.25, 0.3) is 0 Å². The number of allylic oxidation sites excluding steroid dienone is 4. The summed E-state index contributed by atoms with van der Waals surface area (Å²) >= 11 is 0. The monoisotopic (exact) mass is 613 g/mol. The molecule has 0 aromatic heterocycles. The summed E-state index contributed by atoms with van der Waals surface area (Å²) < 4.78 is 27.7. The molecule has 3 rings (SSSR count). The topological polar surface area (TPSA) is 83.1 Å². The Morgan fingerprint density at radius 2 is 1.86 bits per heavy atom. The van der Waals surface area contributed by atoms with Crippen LogP contribution in [0.15, 0.2) is 47.2 Å². The number of nitrogens with one attached hydrogen (secondary N) is 3. The highest BCUT2D eigenvalue weighted by Crippen LogP contribution is 2.39. The summed E-state index contributed by atoms with van der Waals surface area (Å²) in [5.74, 6) is -1.85. The molecular weight excluding hydrogens is 556 g/mol. The Morgan fingerprint density at radius 3 is 2.41 bits per heavy atom. The van der Waals surface area contributed by atoms with Crippen LogP contribution < -0.4 is 5.32 Å². The highest BCUT2D eigenvalue weighted by molar-refractivity contribution is 5.98. The van der Waals surface area contributed by atoms with Gasteiger partial charge in [-0.2, -0.15) is 0 Å². The molecule has 246 valence electrons. The third kappa shape index (κ3) is 8.69. The molecule has 0 spiro atoms. The number of carbonyl (C=O) groups excluding carboxylic acids is 1. The Hall–Kier alpha value is -2.77. The Bertz CT molecular complexity index is 1160. The molecule has 1 heterocycles. The average Bonchev–Trinajstić information content (AvgIpc) is 3.60. The summed E-state index contributed by atoms with van der Waals surface area (Å²) in [6.07, 6.45) is 11.9. The predicted octanol–water partition coefficient (Wildman–Crippen LogP) is 8.62. The number of alkyl halides is 2. The molecule has 0 radical (unpaired) electrons. The van der Waals surface area contributed by atoms with Crippen molar-refractivity contribution in [1.29, 1.82) is 10.8 Å². The predicted molar refractivity (Wildman–Crippen MR) is 178 cm³/mol. The van der Waals surface area contributed by atoms with E-state index in [1.54, 1.807) is 6.92 Å². The molecule has 2 fully saturated rings. The minimum absolute atomic E-state index is 0.0327. The molecule has 3 unspecified atom stereocenters. The zero-order chi connectivity index (χ0) is 32.8. The smallest absolute Gasteiger partial charge is 0.248 e. The lowest BCUT2D eigenvalue weighted by Crippen LogP contribution is -2.45. The molecule has 1 amide bonds. The first-order chi connectivity index (χ1) is 20.8. The first-order valence-electron chi connectivity index (χ1n) is 16.9. The minimum Gasteiger partial charge on any atom is -0.365 e. The van der Waals surface area contributed by atoms with Gasteiger partial charge in [0, 0.05) is 43.0 Å². The summed E-state index contributed by atoms with van der Waals surface area (Å²) in [6, 6.07) is -0.0368. The fourth-order valence-electron chi connectivity index (χ4n) is 6.97. The van der Waals surface area contributed by atoms with Crippen LogP contribution in [0.4, 0.5) is 8.78 Å². The summed E-state index contributed by atoms with van der Waals surface area (Å²) in [5.41, 5.74) is 4.80. The lowest BCUT2D eigenvalue weighted by Gasteiger charge is -2.34. The second kappa shape index (κ2) is 15.5. The van der Waals surface area contributed by atoms with Gasteiger partial charge < -0.3 is 15.1 Å². The maximum absolute atomic E-state index is 13.9. The van der Waals surface area contributed by atoms with Gasteiger partial charge in [-0.3, -0.25) is 15.6 Å². The maximum atomic E-state index is 13.9. The molecule has 3 aliphatic rings. The zero-order valence-corrected chi connectivity index (χ0v) is 28.2. The third-order valence-electron chi connectivity index (χ3n) is 10.0. The first kappa shape index (κ1) is 35.7. The molecule has 4 atom stereocenters. The number of nitrogens with zero attached hydrogens (tertiary/aromatic N) is 2. The van der Waals surface area contributed by atoms with Gasteiger partial charge in [0.05, 0.1) is 17.9 Å². The van der Waals surface area contributed by atoms with E-state index in [0.717, 1.165) is 43.4 Å². The Kier molecular flexibility index (Phi) is 12.6. The molecule has 1 aliphatic heterocycles. The van der Waals surface area contributed by atoms with Crippen LogP contribution in [0.2, 0.25) is 0 Å². The number of hydrogen-bond acceptors (Lipinski definition) is 4. The van der Waals surface area contributed by atoms with Crippen LogP contribution in [0.25, 0.3) is 0 Å². The molecule has 0 aromatic carbocycles. The van der Waals surface area contributed by atoms with Crippen LogP contribution in [0.5, 0.6) is 0 Å². The van der Waals surface area contributed by atoms with E-state index >= 15 is 0 Å². The Balaban J connectivity index is 1.80. The lowest BCUT2D eigenvalue weighted by atomic mass is 9.81. The first-order valence-corrected chi connectivity index (χ1v) is 16.9. The van der Waals surface area contributed by atoms with Crippen molar-refractivity contribution in [2.45, 2.75) is 137 Å². The number of rotatable bonds is 14. The number of amides is 1. The quantitative estimate of drug-likeness (QED) is 0.104. The van der Waals surface area contributed by atoms with Crippen molar-refractivity contribution in [1.82, 2.24) is 15.1 Å². The van der Waals surface area contributed by atoms with Gasteiger partial charge >= 0.3 is 0 Å². The average molecular weight is 614 g/mol. The van der Waals surface area contributed by atoms with E-state index < -0.39 is 5.92 Å². The van der Waals surface area contributed by atoms with Gasteiger partial charge in [-0.25, -0.2) is 8.78 Å². The lowest BCUT2D eigenvalue weighted by molar-refractivity contribution is -0.129. The third-order valence-corrected chi connectivity index (χ3v) is 10.0. The molecule has 3 N–H and O–H groups in total. The summed E-state index contributed by atoms with van der Waals surface area (Å²) in [4.78, 5) is 17.7. The number of amidine groups is 2. The van der Waals surface area contributed by atoms with Gasteiger partial charge in [0.2, 0.25) is 11.8 Å². The summed E-state index contributed by atoms with van der Waals surface area (Å²) in [5, 5.41) is 20.3. The summed E-state index contributed by atoms with van der Waals surface area (Å²) in [7, 11) is 0. The maximum Gasteiger partial charge on any atom is 0.248 e. The van der Waals surface area contributed by atoms with E-state index in [-0.39, 0.29) is 61.6 Å². The van der Waals surface area contributed by atoms with Crippen LogP contribution in [0.3, 0.4) is 0 Å². The molecule has 1 saturated carbocycles. The van der Waals surface area contributed by atoms with Crippen molar-refractivity contribution < 1.29 is 13.6 Å². The van der Waals surface area contributed by atoms with Gasteiger partial charge in [-0.1, -0.05) is 65.0 Å². The van der Waals surface area contributed by atoms with E-state index in [2.05, 4.69) is 55.8 Å². The van der Waals surface area contributed by atoms with E-state index in [9.17, 15) is 13.6 Å². The van der Waals surface area contributed by atoms with Crippen molar-refractivity contribution in [2.75, 3.05) is 6.54 Å². The van der Waals surface area contributed by atoms with Crippen molar-refractivity contribution >= 4 is 17.6 Å². The largest absolute Gasteiger partial charge is 0.365 e. The van der Waals surface area contributed by atoms with E-state index in [1.807, 2.05) is 25.7 Å². The van der Waals surface area contributed by atoms with Crippen LogP contribution in [0.1, 0.15) is 113 Å². The van der Waals surface area contributed by atoms with Crippen LogP contribution in [-0.4, -0.2) is 58.0 Å². The molecule has 44 heavy (non-hydrogen) atoms. The fraction of sp³-hybridized carbons (Fsp3) is 0.694. The van der Waals surface area contributed by atoms with Crippen molar-refractivity contribution in [3.05, 3.63) is 47.2 Å². The SMILES string of the molecule is C=C1C(CC(CC)N(C(C)=N)C(=N)C(C)C)N1CC[C@H](NC(=O)C1CCC(F)(F)CC1)/C(=C/C)C1=C(C(C)CC)CCC=C1. The second-order valence-electron chi connectivity index (χ2n) is 13.4. The highest BCUT2D eigenvalue weighted by atomic mass is 19.3. The molecular formula is C36H57F2N5O. The van der Waals surface area contributed by atoms with E-state index in [4.69, 9.17) is 10.8 Å². The van der Waals surface area contributed by atoms with Gasteiger partial charge in [-0.15, -0.1) is 0 Å². The van der Waals surface area contributed by atoms with Crippen LogP contribution >= 0.6 is 0 Å². The molecule has 0 aromatic rings. The number of hydrogen-bond donors (Lipinski definition) is 3. The summed E-state index contributed by atoms with van der Waals surface area (Å²) in [6.45, 7) is 19.4. The molecule has 8 heteroatoms. The van der Waals surface area contributed by atoms with Crippen molar-refractivity contribution in [3.63, 3.8) is 0 Å². The molecule has 0 bridgehead atoms. The molecule has 2 aliphatic carbocycles. The minimum atomic E-state index is -2.67. The fourth-order valence-corrected chi connectivity index (χ4v) is 6.97. The normalized spacial score (nSPS) is 22.6. The molecule has 6 nitrogen and oxygen atoms in total. The van der Waals surface area contributed by atoms with E-state index in [0.29, 0.717) is 30.6 Å². The Labute approximate surface area is 265 Å². The Morgan fingerprint density at radius 1 is 1.20 bits per heavy atom.